The monoisotopic (exact) mass is 204 g/mol. The Balaban J connectivity index is 0.000000845. The van der Waals surface area contributed by atoms with E-state index in [0.717, 1.165) is 0 Å². The van der Waals surface area contributed by atoms with E-state index in [2.05, 4.69) is 17.3 Å². The highest BCUT2D eigenvalue weighted by Crippen LogP contribution is 2.37. The zero-order chi connectivity index (χ0) is 8.44. The summed E-state index contributed by atoms with van der Waals surface area (Å²) in [6, 6.07) is 0. The first kappa shape index (κ1) is 11.3. The maximum atomic E-state index is 3.45. The van der Waals surface area contributed by atoms with E-state index in [1.54, 1.807) is 0 Å². The van der Waals surface area contributed by atoms with Gasteiger partial charge in [-0.2, -0.15) is 0 Å². The molecule has 78 valence electrons. The van der Waals surface area contributed by atoms with Crippen LogP contribution in [0.2, 0.25) is 0 Å². The SMILES string of the molecule is CN1CCCC2(CCNCC2)C1.Cl. The van der Waals surface area contributed by atoms with Gasteiger partial charge in [0.1, 0.15) is 0 Å². The summed E-state index contributed by atoms with van der Waals surface area (Å²) in [5.41, 5.74) is 0.693. The first-order chi connectivity index (χ1) is 5.81. The molecular weight excluding hydrogens is 184 g/mol. The van der Waals surface area contributed by atoms with Gasteiger partial charge in [0.05, 0.1) is 0 Å². The van der Waals surface area contributed by atoms with Crippen LogP contribution in [0, 0.1) is 5.41 Å². The summed E-state index contributed by atoms with van der Waals surface area (Å²) < 4.78 is 0. The highest BCUT2D eigenvalue weighted by atomic mass is 35.5. The van der Waals surface area contributed by atoms with E-state index < -0.39 is 0 Å². The highest BCUT2D eigenvalue weighted by molar-refractivity contribution is 5.85. The quantitative estimate of drug-likeness (QED) is 0.644. The van der Waals surface area contributed by atoms with Crippen LogP contribution in [-0.4, -0.2) is 38.1 Å². The van der Waals surface area contributed by atoms with Crippen LogP contribution in [-0.2, 0) is 0 Å². The first-order valence-corrected chi connectivity index (χ1v) is 5.20. The van der Waals surface area contributed by atoms with E-state index in [-0.39, 0.29) is 12.4 Å². The van der Waals surface area contributed by atoms with E-state index in [0.29, 0.717) is 5.41 Å². The fraction of sp³-hybridized carbons (Fsp3) is 1.00. The molecule has 2 saturated heterocycles. The molecule has 2 aliphatic heterocycles. The average Bonchev–Trinajstić information content (AvgIpc) is 2.05. The number of likely N-dealkylation sites (tertiary alicyclic amines) is 1. The molecule has 2 fully saturated rings. The smallest absolute Gasteiger partial charge is 0.00359 e. The van der Waals surface area contributed by atoms with Crippen molar-refractivity contribution in [1.82, 2.24) is 10.2 Å². The highest BCUT2D eigenvalue weighted by Gasteiger charge is 2.34. The Bertz CT molecular complexity index is 149. The van der Waals surface area contributed by atoms with Crippen molar-refractivity contribution in [3.63, 3.8) is 0 Å². The largest absolute Gasteiger partial charge is 0.317 e. The standard InChI is InChI=1S/C10H20N2.ClH/c1-12-8-2-3-10(9-12)4-6-11-7-5-10;/h11H,2-9H2,1H3;1H. The van der Waals surface area contributed by atoms with Gasteiger partial charge in [-0.1, -0.05) is 0 Å². The predicted octanol–water partition coefficient (Wildman–Crippen LogP) is 1.50. The number of hydrogen-bond donors (Lipinski definition) is 1. The molecule has 0 aliphatic carbocycles. The number of hydrogen-bond acceptors (Lipinski definition) is 2. The summed E-state index contributed by atoms with van der Waals surface area (Å²) in [6.07, 6.45) is 5.68. The lowest BCUT2D eigenvalue weighted by molar-refractivity contribution is 0.0757. The van der Waals surface area contributed by atoms with Gasteiger partial charge in [0.15, 0.2) is 0 Å². The number of piperidine rings is 2. The van der Waals surface area contributed by atoms with E-state index in [1.807, 2.05) is 0 Å². The Morgan fingerprint density at radius 1 is 1.15 bits per heavy atom. The molecule has 0 atom stereocenters. The Hall–Kier alpha value is 0.210. The molecule has 1 N–H and O–H groups in total. The van der Waals surface area contributed by atoms with Gasteiger partial charge in [-0.05, 0) is 57.8 Å². The van der Waals surface area contributed by atoms with E-state index in [4.69, 9.17) is 0 Å². The van der Waals surface area contributed by atoms with Gasteiger partial charge in [0.2, 0.25) is 0 Å². The second kappa shape index (κ2) is 4.63. The lowest BCUT2D eigenvalue weighted by Gasteiger charge is -2.44. The van der Waals surface area contributed by atoms with Crippen molar-refractivity contribution >= 4 is 12.4 Å². The Morgan fingerprint density at radius 2 is 1.85 bits per heavy atom. The molecular formula is C10H21ClN2. The van der Waals surface area contributed by atoms with Crippen LogP contribution in [0.5, 0.6) is 0 Å². The van der Waals surface area contributed by atoms with E-state index in [9.17, 15) is 0 Å². The summed E-state index contributed by atoms with van der Waals surface area (Å²) in [4.78, 5) is 2.51. The molecule has 2 nitrogen and oxygen atoms in total. The van der Waals surface area contributed by atoms with Gasteiger partial charge >= 0.3 is 0 Å². The number of halogens is 1. The van der Waals surface area contributed by atoms with Crippen LogP contribution in [0.25, 0.3) is 0 Å². The third-order valence-electron chi connectivity index (χ3n) is 3.52. The lowest BCUT2D eigenvalue weighted by Crippen LogP contribution is -2.47. The summed E-state index contributed by atoms with van der Waals surface area (Å²) in [5.74, 6) is 0. The predicted molar refractivity (Wildman–Crippen MR) is 58.5 cm³/mol. The van der Waals surface area contributed by atoms with Gasteiger partial charge in [-0.3, -0.25) is 0 Å². The van der Waals surface area contributed by atoms with Gasteiger partial charge in [-0.15, -0.1) is 12.4 Å². The van der Waals surface area contributed by atoms with Crippen molar-refractivity contribution in [3.05, 3.63) is 0 Å². The van der Waals surface area contributed by atoms with Crippen molar-refractivity contribution < 1.29 is 0 Å². The summed E-state index contributed by atoms with van der Waals surface area (Å²) in [7, 11) is 2.27. The molecule has 2 rings (SSSR count). The van der Waals surface area contributed by atoms with Crippen molar-refractivity contribution in [3.8, 4) is 0 Å². The fourth-order valence-electron chi connectivity index (χ4n) is 2.82. The molecule has 1 spiro atoms. The van der Waals surface area contributed by atoms with Crippen molar-refractivity contribution in [2.75, 3.05) is 33.2 Å². The van der Waals surface area contributed by atoms with Crippen LogP contribution in [0.1, 0.15) is 25.7 Å². The molecule has 2 aliphatic rings. The fourth-order valence-corrected chi connectivity index (χ4v) is 2.82. The third-order valence-corrected chi connectivity index (χ3v) is 3.52. The van der Waals surface area contributed by atoms with Crippen molar-refractivity contribution in [2.45, 2.75) is 25.7 Å². The average molecular weight is 205 g/mol. The molecule has 0 saturated carbocycles. The molecule has 3 heteroatoms. The molecule has 0 aromatic rings. The maximum absolute atomic E-state index is 3.45. The van der Waals surface area contributed by atoms with Gasteiger partial charge in [0, 0.05) is 6.54 Å². The van der Waals surface area contributed by atoms with Crippen molar-refractivity contribution in [2.24, 2.45) is 5.41 Å². The zero-order valence-electron chi connectivity index (χ0n) is 8.51. The van der Waals surface area contributed by atoms with Gasteiger partial charge in [-0.25, -0.2) is 0 Å². The third kappa shape index (κ3) is 2.58. The zero-order valence-corrected chi connectivity index (χ0v) is 9.33. The normalized spacial score (nSPS) is 28.4. The Morgan fingerprint density at radius 3 is 2.46 bits per heavy atom. The molecule has 13 heavy (non-hydrogen) atoms. The lowest BCUT2D eigenvalue weighted by atomic mass is 9.73. The molecule has 0 aromatic carbocycles. The second-order valence-corrected chi connectivity index (χ2v) is 4.59. The van der Waals surface area contributed by atoms with Crippen LogP contribution in [0.3, 0.4) is 0 Å². The van der Waals surface area contributed by atoms with Gasteiger partial charge < -0.3 is 10.2 Å². The molecule has 0 radical (unpaired) electrons. The number of nitrogens with zero attached hydrogens (tertiary/aromatic N) is 1. The topological polar surface area (TPSA) is 15.3 Å². The number of nitrogens with one attached hydrogen (secondary N) is 1. The maximum Gasteiger partial charge on any atom is 0.00359 e. The minimum Gasteiger partial charge on any atom is -0.317 e. The summed E-state index contributed by atoms with van der Waals surface area (Å²) in [5, 5.41) is 3.45. The van der Waals surface area contributed by atoms with Crippen LogP contribution >= 0.6 is 12.4 Å². The number of rotatable bonds is 0. The Labute approximate surface area is 87.5 Å². The van der Waals surface area contributed by atoms with Crippen LogP contribution < -0.4 is 5.32 Å². The minimum atomic E-state index is 0. The molecule has 0 unspecified atom stereocenters. The molecule has 2 heterocycles. The summed E-state index contributed by atoms with van der Waals surface area (Å²) in [6.45, 7) is 5.14. The second-order valence-electron chi connectivity index (χ2n) is 4.59. The van der Waals surface area contributed by atoms with E-state index >= 15 is 0 Å². The molecule has 0 amide bonds. The van der Waals surface area contributed by atoms with Gasteiger partial charge in [0.25, 0.3) is 0 Å². The Kier molecular flexibility index (Phi) is 4.02. The minimum absolute atomic E-state index is 0. The van der Waals surface area contributed by atoms with E-state index in [1.165, 1.54) is 51.9 Å². The molecule has 0 bridgehead atoms. The van der Waals surface area contributed by atoms with Crippen LogP contribution in [0.15, 0.2) is 0 Å². The first-order valence-electron chi connectivity index (χ1n) is 5.20. The molecule has 0 aromatic heterocycles. The van der Waals surface area contributed by atoms with Crippen molar-refractivity contribution in [1.29, 1.82) is 0 Å². The summed E-state index contributed by atoms with van der Waals surface area (Å²) >= 11 is 0. The van der Waals surface area contributed by atoms with Crippen LogP contribution in [0.4, 0.5) is 0 Å².